The zero-order valence-corrected chi connectivity index (χ0v) is 22.9. The first-order chi connectivity index (χ1) is 19.5. The quantitative estimate of drug-likeness (QED) is 0.162. The van der Waals surface area contributed by atoms with Gasteiger partial charge in [0.1, 0.15) is 36.4 Å². The summed E-state index contributed by atoms with van der Waals surface area (Å²) in [6.45, 7) is 4.14. The lowest BCUT2D eigenvalue weighted by molar-refractivity contribution is -0.146. The molecule has 14 heteroatoms. The molecule has 2 heterocycles. The molecular formula is C27H30FN4O8P. The summed E-state index contributed by atoms with van der Waals surface area (Å²) in [5.74, 6) is -0.685. The van der Waals surface area contributed by atoms with Gasteiger partial charge >= 0.3 is 19.4 Å². The molecule has 0 amide bonds. The molecule has 12 nitrogen and oxygen atoms in total. The van der Waals surface area contributed by atoms with Crippen molar-refractivity contribution < 1.29 is 37.4 Å². The number of aliphatic hydroxyl groups is 1. The molecule has 218 valence electrons. The summed E-state index contributed by atoms with van der Waals surface area (Å²) in [6, 6.07) is 17.1. The summed E-state index contributed by atoms with van der Waals surface area (Å²) in [4.78, 5) is 28.6. The predicted octanol–water partition coefficient (Wildman–Crippen LogP) is 2.90. The van der Waals surface area contributed by atoms with E-state index in [4.69, 9.17) is 24.3 Å². The van der Waals surface area contributed by atoms with Gasteiger partial charge in [-0.1, -0.05) is 55.1 Å². The van der Waals surface area contributed by atoms with Crippen molar-refractivity contribution in [2.24, 2.45) is 0 Å². The highest BCUT2D eigenvalue weighted by Gasteiger charge is 2.57. The van der Waals surface area contributed by atoms with Crippen LogP contribution in [-0.4, -0.2) is 51.2 Å². The Morgan fingerprint density at radius 2 is 1.93 bits per heavy atom. The zero-order valence-electron chi connectivity index (χ0n) is 22.0. The van der Waals surface area contributed by atoms with E-state index in [0.717, 1.165) is 22.4 Å². The maximum Gasteiger partial charge on any atom is 0.459 e. The van der Waals surface area contributed by atoms with Crippen molar-refractivity contribution in [1.29, 1.82) is 0 Å². The number of nitrogens with two attached hydrogens (primary N) is 1. The SMILES string of the molecule is C=CC1(F)C(O)[C@@H](CO[P@@](=O)(N[C@@H](C)C(=O)OCc2ccccc2)Oc2ccccc2)O[C@H]1n1ccc(N)nc1=O. The van der Waals surface area contributed by atoms with Crippen LogP contribution in [0.4, 0.5) is 10.2 Å². The molecule has 6 atom stereocenters. The third kappa shape index (κ3) is 7.07. The Kier molecular flexibility index (Phi) is 9.36. The number of carbonyl (C=O) groups is 1. The summed E-state index contributed by atoms with van der Waals surface area (Å²) >= 11 is 0. The molecule has 2 unspecified atom stereocenters. The summed E-state index contributed by atoms with van der Waals surface area (Å²) in [6.07, 6.45) is -3.06. The number of nitrogen functional groups attached to an aromatic ring is 1. The minimum Gasteiger partial charge on any atom is -0.460 e. The van der Waals surface area contributed by atoms with E-state index in [-0.39, 0.29) is 18.2 Å². The maximum atomic E-state index is 15.9. The summed E-state index contributed by atoms with van der Waals surface area (Å²) in [7, 11) is -4.37. The number of para-hydroxylation sites is 1. The highest BCUT2D eigenvalue weighted by atomic mass is 31.2. The van der Waals surface area contributed by atoms with E-state index in [1.807, 2.05) is 6.07 Å². The average molecular weight is 589 g/mol. The lowest BCUT2D eigenvalue weighted by Gasteiger charge is -2.26. The van der Waals surface area contributed by atoms with Gasteiger partial charge in [-0.15, -0.1) is 0 Å². The number of hydrogen-bond donors (Lipinski definition) is 3. The van der Waals surface area contributed by atoms with E-state index in [9.17, 15) is 19.3 Å². The zero-order chi connectivity index (χ0) is 29.6. The largest absolute Gasteiger partial charge is 0.460 e. The number of anilines is 1. The van der Waals surface area contributed by atoms with Crippen LogP contribution < -0.4 is 21.0 Å². The van der Waals surface area contributed by atoms with Crippen LogP contribution in [0, 0.1) is 0 Å². The molecule has 1 aromatic heterocycles. The van der Waals surface area contributed by atoms with Gasteiger partial charge in [-0.05, 0) is 36.8 Å². The average Bonchev–Trinajstić information content (AvgIpc) is 3.21. The standard InChI is InChI=1S/C27H30FN4O8P/c1-3-27(28)23(33)21(39-25(27)32-15-14-22(29)30-26(32)35)17-38-41(36,40-20-12-8-5-9-13-20)31-18(2)24(34)37-16-19-10-6-4-7-11-19/h3-15,18,21,23,25,33H,1,16-17H2,2H3,(H,31,36)(H2,29,30,35)/t18-,21+,23?,25+,27?,41-/m0/s1. The fourth-order valence-corrected chi connectivity index (χ4v) is 5.54. The van der Waals surface area contributed by atoms with E-state index in [0.29, 0.717) is 0 Å². The Bertz CT molecular complexity index is 1460. The Morgan fingerprint density at radius 1 is 1.27 bits per heavy atom. The number of aromatic nitrogens is 2. The molecule has 3 aromatic rings. The summed E-state index contributed by atoms with van der Waals surface area (Å²) in [5.41, 5.74) is 2.70. The number of aliphatic hydroxyl groups excluding tert-OH is 1. The van der Waals surface area contributed by atoms with Crippen molar-refractivity contribution in [1.82, 2.24) is 14.6 Å². The highest BCUT2D eigenvalue weighted by molar-refractivity contribution is 7.52. The number of nitrogens with zero attached hydrogens (tertiary/aromatic N) is 2. The van der Waals surface area contributed by atoms with Gasteiger partial charge < -0.3 is 24.8 Å². The number of hydrogen-bond acceptors (Lipinski definition) is 10. The first kappa shape index (κ1) is 30.1. The molecule has 1 aliphatic heterocycles. The second-order valence-corrected chi connectivity index (χ2v) is 10.9. The molecule has 0 spiro atoms. The van der Waals surface area contributed by atoms with Crippen molar-refractivity contribution in [3.63, 3.8) is 0 Å². The number of esters is 1. The Labute approximate surface area is 235 Å². The van der Waals surface area contributed by atoms with E-state index in [1.54, 1.807) is 42.5 Å². The van der Waals surface area contributed by atoms with Gasteiger partial charge in [0, 0.05) is 6.20 Å². The second kappa shape index (κ2) is 12.8. The van der Waals surface area contributed by atoms with Crippen molar-refractivity contribution in [2.45, 2.75) is 43.7 Å². The van der Waals surface area contributed by atoms with Gasteiger partial charge in [0.25, 0.3) is 0 Å². The van der Waals surface area contributed by atoms with Crippen LogP contribution in [0.25, 0.3) is 0 Å². The number of ether oxygens (including phenoxy) is 2. The van der Waals surface area contributed by atoms with Crippen LogP contribution >= 0.6 is 7.75 Å². The fourth-order valence-electron chi connectivity index (χ4n) is 4.04. The third-order valence-electron chi connectivity index (χ3n) is 6.21. The van der Waals surface area contributed by atoms with Gasteiger partial charge in [0.15, 0.2) is 6.23 Å². The van der Waals surface area contributed by atoms with Gasteiger partial charge in [0.05, 0.1) is 6.61 Å². The maximum absolute atomic E-state index is 15.9. The topological polar surface area (TPSA) is 164 Å². The van der Waals surface area contributed by atoms with Crippen molar-refractivity contribution in [3.05, 3.63) is 102 Å². The van der Waals surface area contributed by atoms with Crippen LogP contribution in [-0.2, 0) is 30.0 Å². The number of benzene rings is 2. The minimum atomic E-state index is -4.37. The second-order valence-electron chi connectivity index (χ2n) is 9.19. The molecule has 0 radical (unpaired) electrons. The van der Waals surface area contributed by atoms with E-state index in [1.165, 1.54) is 25.1 Å². The molecule has 2 aromatic carbocycles. The van der Waals surface area contributed by atoms with Gasteiger partial charge in [-0.25, -0.2) is 13.8 Å². The lowest BCUT2D eigenvalue weighted by Crippen LogP contribution is -2.44. The van der Waals surface area contributed by atoms with Crippen LogP contribution in [0.2, 0.25) is 0 Å². The van der Waals surface area contributed by atoms with Crippen LogP contribution in [0.5, 0.6) is 5.75 Å². The van der Waals surface area contributed by atoms with Gasteiger partial charge in [0.2, 0.25) is 5.67 Å². The first-order valence-corrected chi connectivity index (χ1v) is 14.1. The van der Waals surface area contributed by atoms with Gasteiger partial charge in [-0.3, -0.25) is 13.9 Å². The first-order valence-electron chi connectivity index (χ1n) is 12.5. The molecule has 1 saturated heterocycles. The molecule has 1 fully saturated rings. The molecule has 4 rings (SSSR count). The fraction of sp³-hybridized carbons (Fsp3) is 0.296. The summed E-state index contributed by atoms with van der Waals surface area (Å²) in [5, 5.41) is 13.3. The number of rotatable bonds is 12. The molecule has 4 N–H and O–H groups in total. The molecule has 41 heavy (non-hydrogen) atoms. The van der Waals surface area contributed by atoms with Crippen molar-refractivity contribution in [2.75, 3.05) is 12.3 Å². The lowest BCUT2D eigenvalue weighted by atomic mass is 9.96. The number of carbonyl (C=O) groups excluding carboxylic acids is 1. The molecular weight excluding hydrogens is 558 g/mol. The molecule has 0 saturated carbocycles. The highest BCUT2D eigenvalue weighted by Crippen LogP contribution is 2.48. The third-order valence-corrected chi connectivity index (χ3v) is 7.86. The number of nitrogens with one attached hydrogen (secondary N) is 1. The molecule has 0 bridgehead atoms. The van der Waals surface area contributed by atoms with Crippen molar-refractivity contribution >= 4 is 19.5 Å². The van der Waals surface area contributed by atoms with E-state index >= 15 is 4.39 Å². The molecule has 1 aliphatic rings. The number of halogens is 1. The number of alkyl halides is 1. The molecule has 0 aliphatic carbocycles. The smallest absolute Gasteiger partial charge is 0.459 e. The Morgan fingerprint density at radius 3 is 2.56 bits per heavy atom. The summed E-state index contributed by atoms with van der Waals surface area (Å²) < 4.78 is 52.6. The predicted molar refractivity (Wildman–Crippen MR) is 146 cm³/mol. The van der Waals surface area contributed by atoms with E-state index < -0.39 is 56.2 Å². The Hall–Kier alpha value is -3.87. The Balaban J connectivity index is 1.50. The monoisotopic (exact) mass is 588 g/mol. The van der Waals surface area contributed by atoms with Crippen molar-refractivity contribution in [3.8, 4) is 5.75 Å². The van der Waals surface area contributed by atoms with Crippen LogP contribution in [0.15, 0.2) is 90.4 Å². The van der Waals surface area contributed by atoms with Gasteiger partial charge in [-0.2, -0.15) is 10.1 Å². The normalized spacial score (nSPS) is 24.2. The van der Waals surface area contributed by atoms with Crippen LogP contribution in [0.3, 0.4) is 0 Å². The van der Waals surface area contributed by atoms with E-state index in [2.05, 4.69) is 16.7 Å². The van der Waals surface area contributed by atoms with Crippen LogP contribution in [0.1, 0.15) is 18.7 Å². The minimum absolute atomic E-state index is 0.0145.